The molecule has 2 N–H and O–H groups in total. The van der Waals surface area contributed by atoms with E-state index in [-0.39, 0.29) is 49.3 Å². The predicted octanol–water partition coefficient (Wildman–Crippen LogP) is 4.93. The zero-order valence-electron chi connectivity index (χ0n) is 27.3. The first-order chi connectivity index (χ1) is 23.0. The third-order valence-electron chi connectivity index (χ3n) is 8.02. The number of halogens is 1. The van der Waals surface area contributed by atoms with Crippen molar-refractivity contribution in [3.63, 3.8) is 0 Å². The van der Waals surface area contributed by atoms with E-state index >= 15 is 0 Å². The number of nitrogens with one attached hydrogen (secondary N) is 2. The van der Waals surface area contributed by atoms with Crippen LogP contribution in [0.3, 0.4) is 0 Å². The summed E-state index contributed by atoms with van der Waals surface area (Å²) in [5.74, 6) is -2.99. The molecule has 4 rings (SSSR count). The molecule has 1 fully saturated rings. The summed E-state index contributed by atoms with van der Waals surface area (Å²) in [5.41, 5.74) is 1.26. The topological polar surface area (TPSA) is 157 Å². The monoisotopic (exact) mass is 664 g/mol. The minimum absolute atomic E-state index is 0.00966. The first kappa shape index (κ1) is 35.8. The summed E-state index contributed by atoms with van der Waals surface area (Å²) in [4.78, 5) is 70.2. The normalized spacial score (nSPS) is 24.7. The minimum atomic E-state index is -0.903. The van der Waals surface area contributed by atoms with Gasteiger partial charge in [0.25, 0.3) is 5.91 Å². The zero-order chi connectivity index (χ0) is 34.6. The summed E-state index contributed by atoms with van der Waals surface area (Å²) in [5, 5.41) is 5.28. The van der Waals surface area contributed by atoms with Gasteiger partial charge in [-0.25, -0.2) is 19.0 Å². The second-order valence-corrected chi connectivity index (χ2v) is 12.0. The Bertz CT molecular complexity index is 1560. The Kier molecular flexibility index (Phi) is 12.8. The van der Waals surface area contributed by atoms with Gasteiger partial charge in [0.1, 0.15) is 30.0 Å². The Morgan fingerprint density at radius 2 is 1.96 bits per heavy atom. The number of fused-ring (bicyclic) bond motifs is 3. The van der Waals surface area contributed by atoms with E-state index in [1.165, 1.54) is 41.5 Å². The molecule has 2 bridgehead atoms. The quantitative estimate of drug-likeness (QED) is 0.433. The lowest BCUT2D eigenvalue weighted by Gasteiger charge is -2.30. The molecule has 3 amide bonds. The maximum atomic E-state index is 13.6. The molecule has 2 aromatic rings. The van der Waals surface area contributed by atoms with Gasteiger partial charge in [0, 0.05) is 37.0 Å². The van der Waals surface area contributed by atoms with Crippen LogP contribution in [-0.2, 0) is 30.3 Å². The predicted molar refractivity (Wildman–Crippen MR) is 173 cm³/mol. The van der Waals surface area contributed by atoms with Crippen LogP contribution in [0.1, 0.15) is 62.8 Å². The molecule has 0 saturated carbocycles. The van der Waals surface area contributed by atoms with Crippen molar-refractivity contribution < 1.29 is 42.3 Å². The summed E-state index contributed by atoms with van der Waals surface area (Å²) in [6, 6.07) is 4.27. The number of amides is 3. The number of hydrogen-bond donors (Lipinski definition) is 2. The number of oxazole rings is 1. The number of hydrogen-bond acceptors (Lipinski definition) is 9. The van der Waals surface area contributed by atoms with Gasteiger partial charge in [-0.15, -0.1) is 0 Å². The van der Waals surface area contributed by atoms with Gasteiger partial charge in [-0.3, -0.25) is 19.7 Å². The fraction of sp³-hybridized carbons (Fsp3) is 0.429. The van der Waals surface area contributed by atoms with Gasteiger partial charge in [-0.05, 0) is 56.5 Å². The molecule has 48 heavy (non-hydrogen) atoms. The van der Waals surface area contributed by atoms with Crippen molar-refractivity contribution >= 4 is 35.3 Å². The molecule has 3 heterocycles. The van der Waals surface area contributed by atoms with E-state index in [0.717, 1.165) is 5.57 Å². The van der Waals surface area contributed by atoms with Gasteiger partial charge in [0.15, 0.2) is 5.69 Å². The molecule has 0 spiro atoms. The Hall–Kier alpha value is -5.07. The Morgan fingerprint density at radius 1 is 1.19 bits per heavy atom. The van der Waals surface area contributed by atoms with Crippen LogP contribution in [0.4, 0.5) is 14.9 Å². The second kappa shape index (κ2) is 17.2. The highest BCUT2D eigenvalue weighted by Crippen LogP contribution is 2.26. The van der Waals surface area contributed by atoms with Gasteiger partial charge in [-0.1, -0.05) is 43.7 Å². The van der Waals surface area contributed by atoms with Crippen molar-refractivity contribution in [2.45, 2.75) is 65.0 Å². The Labute approximate surface area is 278 Å². The molecular formula is C35H41FN4O8. The SMILES string of the molecule is CC1=C\CCC(=O)Cc2nc(co2)C(=O)N2CCC[C@@H]2C(=O)O[C@H]([C@H](C)COC(=O)Nc2ccc(F)cc2)[C@H](C)/C=C/C(=O)NC\C=C\1. The van der Waals surface area contributed by atoms with Gasteiger partial charge < -0.3 is 24.1 Å². The summed E-state index contributed by atoms with van der Waals surface area (Å²) in [6.45, 7) is 5.80. The second-order valence-electron chi connectivity index (χ2n) is 12.0. The number of rotatable bonds is 4. The lowest BCUT2D eigenvalue weighted by molar-refractivity contribution is -0.159. The molecule has 13 heteroatoms. The number of anilines is 1. The first-order valence-corrected chi connectivity index (χ1v) is 16.0. The van der Waals surface area contributed by atoms with Crippen LogP contribution in [0.2, 0.25) is 0 Å². The van der Waals surface area contributed by atoms with Crippen molar-refractivity contribution in [2.24, 2.45) is 11.8 Å². The fourth-order valence-electron chi connectivity index (χ4n) is 5.43. The highest BCUT2D eigenvalue weighted by Gasteiger charge is 2.39. The number of carbonyl (C=O) groups excluding carboxylic acids is 5. The molecule has 0 aliphatic carbocycles. The minimum Gasteiger partial charge on any atom is -0.460 e. The number of ketones is 1. The molecule has 1 aromatic heterocycles. The smallest absolute Gasteiger partial charge is 0.411 e. The van der Waals surface area contributed by atoms with E-state index in [1.54, 1.807) is 26.0 Å². The Morgan fingerprint density at radius 3 is 2.73 bits per heavy atom. The number of carbonyl (C=O) groups is 5. The van der Waals surface area contributed by atoms with Gasteiger partial charge in [-0.2, -0.15) is 0 Å². The maximum absolute atomic E-state index is 13.6. The summed E-state index contributed by atoms with van der Waals surface area (Å²) >= 11 is 0. The summed E-state index contributed by atoms with van der Waals surface area (Å²) < 4.78 is 30.0. The summed E-state index contributed by atoms with van der Waals surface area (Å²) in [7, 11) is 0. The van der Waals surface area contributed by atoms with Crippen LogP contribution >= 0.6 is 0 Å². The fourth-order valence-corrected chi connectivity index (χ4v) is 5.43. The molecule has 1 aromatic carbocycles. The maximum Gasteiger partial charge on any atom is 0.411 e. The Balaban J connectivity index is 1.52. The molecule has 4 atom stereocenters. The third kappa shape index (κ3) is 10.5. The van der Waals surface area contributed by atoms with E-state index in [0.29, 0.717) is 31.5 Å². The van der Waals surface area contributed by atoms with Crippen molar-refractivity contribution in [1.82, 2.24) is 15.2 Å². The van der Waals surface area contributed by atoms with Crippen LogP contribution in [-0.4, -0.2) is 71.4 Å². The standard InChI is InChI=1S/C35H41FN4O8/c1-22-7-4-9-27(41)19-31-39-28(21-46-31)33(43)40-18-6-10-29(40)34(44)48-32(23(2)11-16-30(42)37-17-5-8-22)24(3)20-47-35(45)38-26-14-12-25(36)13-15-26/h5,7-8,11-16,21,23-24,29,32H,4,6,9-10,17-20H2,1-3H3,(H,37,42)(H,38,45)/b8-5+,16-11+,22-7+/t23-,24-,29-,32+/m1/s1. The first-order valence-electron chi connectivity index (χ1n) is 16.0. The van der Waals surface area contributed by atoms with Crippen molar-refractivity contribution in [3.8, 4) is 0 Å². The van der Waals surface area contributed by atoms with E-state index in [4.69, 9.17) is 13.9 Å². The molecule has 1 saturated heterocycles. The third-order valence-corrected chi connectivity index (χ3v) is 8.02. The van der Waals surface area contributed by atoms with E-state index in [1.807, 2.05) is 19.1 Å². The number of benzene rings is 1. The van der Waals surface area contributed by atoms with Crippen molar-refractivity contribution in [2.75, 3.05) is 25.0 Å². The molecular weight excluding hydrogens is 623 g/mol. The van der Waals surface area contributed by atoms with E-state index in [2.05, 4.69) is 15.6 Å². The lowest BCUT2D eigenvalue weighted by atomic mass is 9.93. The molecule has 2 aliphatic rings. The number of aromatic nitrogens is 1. The largest absolute Gasteiger partial charge is 0.460 e. The van der Waals surface area contributed by atoms with Crippen LogP contribution in [0.25, 0.3) is 0 Å². The number of nitrogens with zero attached hydrogens (tertiary/aromatic N) is 2. The average molecular weight is 665 g/mol. The highest BCUT2D eigenvalue weighted by atomic mass is 19.1. The van der Waals surface area contributed by atoms with Gasteiger partial charge >= 0.3 is 12.1 Å². The average Bonchev–Trinajstić information content (AvgIpc) is 3.74. The zero-order valence-corrected chi connectivity index (χ0v) is 27.3. The van der Waals surface area contributed by atoms with Crippen LogP contribution in [0, 0.1) is 17.7 Å². The number of cyclic esters (lactones) is 1. The molecule has 0 unspecified atom stereocenters. The number of allylic oxidation sites excluding steroid dienone is 3. The van der Waals surface area contributed by atoms with Crippen LogP contribution < -0.4 is 10.6 Å². The van der Waals surface area contributed by atoms with E-state index in [9.17, 15) is 28.4 Å². The number of ether oxygens (including phenoxy) is 2. The summed E-state index contributed by atoms with van der Waals surface area (Å²) in [6.07, 6.45) is 9.69. The van der Waals surface area contributed by atoms with Gasteiger partial charge in [0.2, 0.25) is 11.8 Å². The van der Waals surface area contributed by atoms with Crippen LogP contribution in [0.5, 0.6) is 0 Å². The van der Waals surface area contributed by atoms with Crippen molar-refractivity contribution in [3.05, 3.63) is 83.9 Å². The molecule has 2 aliphatic heterocycles. The molecule has 0 radical (unpaired) electrons. The highest BCUT2D eigenvalue weighted by molar-refractivity contribution is 5.95. The molecule has 256 valence electrons. The van der Waals surface area contributed by atoms with Crippen LogP contribution in [0.15, 0.2) is 70.9 Å². The number of Topliss-reactive ketones (excluding diaryl/α,β-unsaturated/α-hetero) is 1. The van der Waals surface area contributed by atoms with E-state index < -0.39 is 47.8 Å². The van der Waals surface area contributed by atoms with Gasteiger partial charge in [0.05, 0.1) is 13.0 Å². The lowest BCUT2D eigenvalue weighted by Crippen LogP contribution is -2.44. The van der Waals surface area contributed by atoms with Crippen molar-refractivity contribution in [1.29, 1.82) is 0 Å². The molecule has 12 nitrogen and oxygen atoms in total. The number of esters is 1.